The van der Waals surface area contributed by atoms with Crippen molar-refractivity contribution in [1.82, 2.24) is 0 Å². The van der Waals surface area contributed by atoms with Crippen LogP contribution in [0, 0.1) is 6.92 Å². The van der Waals surface area contributed by atoms with Gasteiger partial charge < -0.3 is 9.84 Å². The summed E-state index contributed by atoms with van der Waals surface area (Å²) in [5.74, 6) is -0.250. The average molecular weight is 206 g/mol. The Morgan fingerprint density at radius 2 is 2.27 bits per heavy atom. The third-order valence-electron chi connectivity index (χ3n) is 1.87. The van der Waals surface area contributed by atoms with E-state index in [0.29, 0.717) is 12.2 Å². The van der Waals surface area contributed by atoms with Crippen molar-refractivity contribution in [3.05, 3.63) is 35.4 Å². The van der Waals surface area contributed by atoms with E-state index in [1.54, 1.807) is 31.2 Å². The largest absolute Gasteiger partial charge is 0.507 e. The predicted molar refractivity (Wildman–Crippen MR) is 58.5 cm³/mol. The smallest absolute Gasteiger partial charge is 0.330 e. The quantitative estimate of drug-likeness (QED) is 0.609. The van der Waals surface area contributed by atoms with Gasteiger partial charge in [0, 0.05) is 11.6 Å². The summed E-state index contributed by atoms with van der Waals surface area (Å²) in [6.07, 6.45) is 2.85. The molecule has 0 aliphatic heterocycles. The third kappa shape index (κ3) is 3.46. The molecule has 0 bridgehead atoms. The Kier molecular flexibility index (Phi) is 3.92. The van der Waals surface area contributed by atoms with Crippen LogP contribution in [0.1, 0.15) is 18.1 Å². The molecule has 3 heteroatoms. The summed E-state index contributed by atoms with van der Waals surface area (Å²) in [6, 6.07) is 5.20. The van der Waals surface area contributed by atoms with E-state index < -0.39 is 5.97 Å². The molecule has 1 rings (SSSR count). The molecule has 0 heterocycles. The van der Waals surface area contributed by atoms with Gasteiger partial charge in [0.2, 0.25) is 0 Å². The van der Waals surface area contributed by atoms with Gasteiger partial charge >= 0.3 is 5.97 Å². The van der Waals surface area contributed by atoms with Gasteiger partial charge in [-0.2, -0.15) is 0 Å². The summed E-state index contributed by atoms with van der Waals surface area (Å²) < 4.78 is 4.73. The third-order valence-corrected chi connectivity index (χ3v) is 1.87. The maximum absolute atomic E-state index is 11.0. The zero-order valence-corrected chi connectivity index (χ0v) is 8.86. The van der Waals surface area contributed by atoms with Crippen molar-refractivity contribution >= 4 is 12.0 Å². The van der Waals surface area contributed by atoms with E-state index in [2.05, 4.69) is 0 Å². The molecule has 0 aromatic heterocycles. The molecule has 0 spiro atoms. The van der Waals surface area contributed by atoms with Gasteiger partial charge in [-0.15, -0.1) is 0 Å². The Morgan fingerprint density at radius 3 is 2.93 bits per heavy atom. The van der Waals surface area contributed by atoms with Crippen LogP contribution in [0.2, 0.25) is 0 Å². The normalized spacial score (nSPS) is 10.5. The number of carbonyl (C=O) groups is 1. The van der Waals surface area contributed by atoms with Crippen molar-refractivity contribution in [1.29, 1.82) is 0 Å². The highest BCUT2D eigenvalue weighted by molar-refractivity contribution is 5.87. The van der Waals surface area contributed by atoms with Gasteiger partial charge in [-0.05, 0) is 32.1 Å². The molecule has 1 aromatic carbocycles. The van der Waals surface area contributed by atoms with Gasteiger partial charge in [-0.25, -0.2) is 4.79 Å². The lowest BCUT2D eigenvalue weighted by Gasteiger charge is -2.00. The lowest BCUT2D eigenvalue weighted by atomic mass is 10.1. The molecule has 1 aromatic rings. The second kappa shape index (κ2) is 5.20. The molecule has 1 N–H and O–H groups in total. The maximum Gasteiger partial charge on any atom is 0.330 e. The van der Waals surface area contributed by atoms with Gasteiger partial charge in [0.1, 0.15) is 5.75 Å². The predicted octanol–water partition coefficient (Wildman–Crippen LogP) is 2.28. The van der Waals surface area contributed by atoms with Crippen molar-refractivity contribution in [2.24, 2.45) is 0 Å². The minimum absolute atomic E-state index is 0.154. The molecular formula is C12H14O3. The van der Waals surface area contributed by atoms with Crippen LogP contribution in [0.25, 0.3) is 6.08 Å². The first kappa shape index (κ1) is 11.3. The van der Waals surface area contributed by atoms with E-state index in [1.807, 2.05) is 6.92 Å². The Labute approximate surface area is 89.0 Å². The van der Waals surface area contributed by atoms with Crippen LogP contribution in [0.15, 0.2) is 24.3 Å². The first-order valence-electron chi connectivity index (χ1n) is 4.78. The number of carbonyl (C=O) groups excluding carboxylic acids is 1. The number of benzene rings is 1. The molecule has 80 valence electrons. The van der Waals surface area contributed by atoms with E-state index >= 15 is 0 Å². The lowest BCUT2D eigenvalue weighted by molar-refractivity contribution is -0.137. The highest BCUT2D eigenvalue weighted by atomic mass is 16.5. The summed E-state index contributed by atoms with van der Waals surface area (Å²) in [5.41, 5.74) is 1.64. The highest BCUT2D eigenvalue weighted by Gasteiger charge is 1.99. The first-order chi connectivity index (χ1) is 7.13. The van der Waals surface area contributed by atoms with Gasteiger partial charge in [-0.3, -0.25) is 0 Å². The van der Waals surface area contributed by atoms with Crippen LogP contribution in [-0.2, 0) is 9.53 Å². The first-order valence-corrected chi connectivity index (χ1v) is 4.78. The molecular weight excluding hydrogens is 192 g/mol. The van der Waals surface area contributed by atoms with E-state index in [1.165, 1.54) is 6.08 Å². The zero-order chi connectivity index (χ0) is 11.3. The van der Waals surface area contributed by atoms with E-state index in [4.69, 9.17) is 4.74 Å². The number of ether oxygens (including phenoxy) is 1. The Balaban J connectivity index is 2.79. The molecule has 0 aliphatic carbocycles. The molecule has 0 saturated heterocycles. The minimum atomic E-state index is -0.404. The molecule has 15 heavy (non-hydrogen) atoms. The summed E-state index contributed by atoms with van der Waals surface area (Å²) in [7, 11) is 0. The fourth-order valence-electron chi connectivity index (χ4n) is 1.16. The number of esters is 1. The van der Waals surface area contributed by atoms with Gasteiger partial charge in [0.25, 0.3) is 0 Å². The fourth-order valence-corrected chi connectivity index (χ4v) is 1.16. The molecule has 0 aliphatic rings. The van der Waals surface area contributed by atoms with Crippen LogP contribution in [-0.4, -0.2) is 17.7 Å². The number of hydrogen-bond donors (Lipinski definition) is 1. The van der Waals surface area contributed by atoms with Crippen LogP contribution in [0.3, 0.4) is 0 Å². The van der Waals surface area contributed by atoms with Gasteiger partial charge in [-0.1, -0.05) is 11.6 Å². The van der Waals surface area contributed by atoms with Crippen molar-refractivity contribution in [2.75, 3.05) is 6.61 Å². The van der Waals surface area contributed by atoms with Crippen LogP contribution < -0.4 is 0 Å². The summed E-state index contributed by atoms with van der Waals surface area (Å²) in [4.78, 5) is 11.0. The summed E-state index contributed by atoms with van der Waals surface area (Å²) in [6.45, 7) is 4.01. The number of rotatable bonds is 3. The van der Waals surface area contributed by atoms with Crippen LogP contribution in [0.5, 0.6) is 5.75 Å². The molecule has 0 saturated carbocycles. The zero-order valence-electron chi connectivity index (χ0n) is 8.86. The van der Waals surface area contributed by atoms with Crippen molar-refractivity contribution in [2.45, 2.75) is 13.8 Å². The van der Waals surface area contributed by atoms with Gasteiger partial charge in [0.05, 0.1) is 6.61 Å². The number of aryl methyl sites for hydroxylation is 1. The number of hydrogen-bond acceptors (Lipinski definition) is 3. The highest BCUT2D eigenvalue weighted by Crippen LogP contribution is 2.19. The molecule has 0 radical (unpaired) electrons. The number of phenolic OH excluding ortho intramolecular Hbond substituents is 1. The molecule has 3 nitrogen and oxygen atoms in total. The molecule has 0 fully saturated rings. The standard InChI is InChI=1S/C12H14O3/c1-3-15-12(14)7-5-10-8-9(2)4-6-11(10)13/h4-8,13H,3H2,1-2H3. The number of aromatic hydroxyl groups is 1. The van der Waals surface area contributed by atoms with Crippen molar-refractivity contribution in [3.8, 4) is 5.75 Å². The SMILES string of the molecule is CCOC(=O)C=Cc1cc(C)ccc1O. The monoisotopic (exact) mass is 206 g/mol. The second-order valence-electron chi connectivity index (χ2n) is 3.15. The Morgan fingerprint density at radius 1 is 1.53 bits per heavy atom. The molecule has 0 unspecified atom stereocenters. The summed E-state index contributed by atoms with van der Waals surface area (Å²) >= 11 is 0. The van der Waals surface area contributed by atoms with E-state index in [9.17, 15) is 9.90 Å². The van der Waals surface area contributed by atoms with Crippen LogP contribution >= 0.6 is 0 Å². The fraction of sp³-hybridized carbons (Fsp3) is 0.250. The van der Waals surface area contributed by atoms with E-state index in [-0.39, 0.29) is 5.75 Å². The van der Waals surface area contributed by atoms with Crippen molar-refractivity contribution in [3.63, 3.8) is 0 Å². The van der Waals surface area contributed by atoms with Gasteiger partial charge in [0.15, 0.2) is 0 Å². The van der Waals surface area contributed by atoms with E-state index in [0.717, 1.165) is 5.56 Å². The lowest BCUT2D eigenvalue weighted by Crippen LogP contribution is -1.98. The summed E-state index contributed by atoms with van der Waals surface area (Å²) in [5, 5.41) is 9.47. The molecule has 0 atom stereocenters. The maximum atomic E-state index is 11.0. The second-order valence-corrected chi connectivity index (χ2v) is 3.15. The Hall–Kier alpha value is -1.77. The van der Waals surface area contributed by atoms with Crippen LogP contribution in [0.4, 0.5) is 0 Å². The average Bonchev–Trinajstić information content (AvgIpc) is 2.20. The minimum Gasteiger partial charge on any atom is -0.507 e. The Bertz CT molecular complexity index is 380. The van der Waals surface area contributed by atoms with Crippen molar-refractivity contribution < 1.29 is 14.6 Å². The topological polar surface area (TPSA) is 46.5 Å². The number of phenols is 1. The molecule has 0 amide bonds.